The number of hydrogen-bond acceptors (Lipinski definition) is 3. The molecule has 3 heteroatoms. The summed E-state index contributed by atoms with van der Waals surface area (Å²) in [5.41, 5.74) is 0.0330. The van der Waals surface area contributed by atoms with Gasteiger partial charge in [-0.2, -0.15) is 0 Å². The Morgan fingerprint density at radius 1 is 1.44 bits per heavy atom. The highest BCUT2D eigenvalue weighted by atomic mass is 16.5. The van der Waals surface area contributed by atoms with E-state index in [0.717, 1.165) is 38.6 Å². The number of aliphatic hydroxyl groups is 1. The number of nitrogens with zero attached hydrogens (tertiary/aromatic N) is 1. The number of aliphatic hydroxyl groups excluding tert-OH is 1. The highest BCUT2D eigenvalue weighted by Gasteiger charge is 2.23. The van der Waals surface area contributed by atoms with Crippen LogP contribution in [0, 0.1) is 11.3 Å². The lowest BCUT2D eigenvalue weighted by Gasteiger charge is -2.31. The summed E-state index contributed by atoms with van der Waals surface area (Å²) in [6, 6.07) is 0. The molecule has 0 spiro atoms. The average molecular weight is 229 g/mol. The van der Waals surface area contributed by atoms with E-state index in [1.54, 1.807) is 0 Å². The molecule has 0 bridgehead atoms. The molecule has 0 amide bonds. The summed E-state index contributed by atoms with van der Waals surface area (Å²) in [5.74, 6) is 0.851. The van der Waals surface area contributed by atoms with E-state index in [2.05, 4.69) is 25.8 Å². The number of hydrogen-bond donors (Lipinski definition) is 1. The predicted octanol–water partition coefficient (Wildman–Crippen LogP) is 1.75. The van der Waals surface area contributed by atoms with Gasteiger partial charge in [0.1, 0.15) is 0 Å². The number of ether oxygens (including phenoxy) is 1. The standard InChI is InChI=1S/C13H27NO2/c1-4-13(2,11-15)10-14(3)7-8-16-9-12-5-6-12/h12,15H,4-11H2,1-3H3. The van der Waals surface area contributed by atoms with Gasteiger partial charge in [0.15, 0.2) is 0 Å². The van der Waals surface area contributed by atoms with Crippen molar-refractivity contribution in [3.63, 3.8) is 0 Å². The third kappa shape index (κ3) is 5.28. The maximum Gasteiger partial charge on any atom is 0.0593 e. The molecule has 0 aromatic heterocycles. The average Bonchev–Trinajstić information content (AvgIpc) is 3.08. The van der Waals surface area contributed by atoms with Crippen molar-refractivity contribution in [2.24, 2.45) is 11.3 Å². The molecular weight excluding hydrogens is 202 g/mol. The molecule has 1 unspecified atom stereocenters. The van der Waals surface area contributed by atoms with E-state index in [1.807, 2.05) is 0 Å². The van der Waals surface area contributed by atoms with E-state index in [1.165, 1.54) is 12.8 Å². The van der Waals surface area contributed by atoms with Gasteiger partial charge in [0.2, 0.25) is 0 Å². The summed E-state index contributed by atoms with van der Waals surface area (Å²) in [4.78, 5) is 2.26. The van der Waals surface area contributed by atoms with E-state index in [9.17, 15) is 5.11 Å². The first-order valence-corrected chi connectivity index (χ1v) is 6.47. The Balaban J connectivity index is 2.05. The zero-order valence-electron chi connectivity index (χ0n) is 11.0. The first-order valence-electron chi connectivity index (χ1n) is 6.47. The minimum absolute atomic E-state index is 0.0330. The molecular formula is C13H27NO2. The van der Waals surface area contributed by atoms with Crippen LogP contribution >= 0.6 is 0 Å². The van der Waals surface area contributed by atoms with Crippen LogP contribution in [0.25, 0.3) is 0 Å². The third-order valence-corrected chi connectivity index (χ3v) is 3.55. The second-order valence-electron chi connectivity index (χ2n) is 5.58. The van der Waals surface area contributed by atoms with Crippen molar-refractivity contribution in [1.29, 1.82) is 0 Å². The molecule has 16 heavy (non-hydrogen) atoms. The molecule has 0 radical (unpaired) electrons. The van der Waals surface area contributed by atoms with Crippen LogP contribution in [0.3, 0.4) is 0 Å². The molecule has 1 aliphatic carbocycles. The van der Waals surface area contributed by atoms with Crippen LogP contribution in [0.5, 0.6) is 0 Å². The lowest BCUT2D eigenvalue weighted by Crippen LogP contribution is -2.37. The summed E-state index contributed by atoms with van der Waals surface area (Å²) in [5, 5.41) is 9.33. The topological polar surface area (TPSA) is 32.7 Å². The van der Waals surface area contributed by atoms with Crippen molar-refractivity contribution in [2.45, 2.75) is 33.1 Å². The fourth-order valence-electron chi connectivity index (χ4n) is 1.76. The number of rotatable bonds is 9. The summed E-state index contributed by atoms with van der Waals surface area (Å²) >= 11 is 0. The van der Waals surface area contributed by atoms with Gasteiger partial charge in [-0.05, 0) is 32.2 Å². The van der Waals surface area contributed by atoms with Gasteiger partial charge >= 0.3 is 0 Å². The molecule has 1 saturated carbocycles. The van der Waals surface area contributed by atoms with Crippen molar-refractivity contribution in [3.05, 3.63) is 0 Å². The van der Waals surface area contributed by atoms with Gasteiger partial charge in [-0.1, -0.05) is 13.8 Å². The molecule has 1 fully saturated rings. The first-order chi connectivity index (χ1) is 7.59. The van der Waals surface area contributed by atoms with Crippen LogP contribution in [-0.2, 0) is 4.74 Å². The van der Waals surface area contributed by atoms with E-state index in [4.69, 9.17) is 4.74 Å². The van der Waals surface area contributed by atoms with Gasteiger partial charge in [0.25, 0.3) is 0 Å². The largest absolute Gasteiger partial charge is 0.396 e. The molecule has 0 aromatic carbocycles. The van der Waals surface area contributed by atoms with Crippen molar-refractivity contribution < 1.29 is 9.84 Å². The monoisotopic (exact) mass is 229 g/mol. The summed E-state index contributed by atoms with van der Waals surface area (Å²) in [6.45, 7) is 8.19. The van der Waals surface area contributed by atoms with Crippen LogP contribution in [-0.4, -0.2) is 50.0 Å². The lowest BCUT2D eigenvalue weighted by atomic mass is 9.88. The Morgan fingerprint density at radius 2 is 2.12 bits per heavy atom. The molecule has 96 valence electrons. The van der Waals surface area contributed by atoms with Crippen LogP contribution in [0.15, 0.2) is 0 Å². The molecule has 0 heterocycles. The van der Waals surface area contributed by atoms with Crippen LogP contribution in [0.1, 0.15) is 33.1 Å². The molecule has 3 nitrogen and oxygen atoms in total. The van der Waals surface area contributed by atoms with Gasteiger partial charge in [-0.25, -0.2) is 0 Å². The van der Waals surface area contributed by atoms with Crippen LogP contribution < -0.4 is 0 Å². The zero-order valence-corrected chi connectivity index (χ0v) is 11.0. The fraction of sp³-hybridized carbons (Fsp3) is 1.00. The zero-order chi connectivity index (χ0) is 12.0. The smallest absolute Gasteiger partial charge is 0.0593 e. The Bertz CT molecular complexity index is 188. The molecule has 0 aromatic rings. The van der Waals surface area contributed by atoms with E-state index < -0.39 is 0 Å². The Morgan fingerprint density at radius 3 is 2.62 bits per heavy atom. The molecule has 1 aliphatic rings. The van der Waals surface area contributed by atoms with Crippen LogP contribution in [0.4, 0.5) is 0 Å². The van der Waals surface area contributed by atoms with Crippen molar-refractivity contribution in [3.8, 4) is 0 Å². The summed E-state index contributed by atoms with van der Waals surface area (Å²) in [7, 11) is 2.10. The first kappa shape index (κ1) is 13.9. The van der Waals surface area contributed by atoms with Gasteiger partial charge < -0.3 is 14.7 Å². The fourth-order valence-corrected chi connectivity index (χ4v) is 1.76. The minimum Gasteiger partial charge on any atom is -0.396 e. The minimum atomic E-state index is 0.0330. The van der Waals surface area contributed by atoms with Gasteiger partial charge in [0.05, 0.1) is 6.61 Å². The predicted molar refractivity (Wildman–Crippen MR) is 66.5 cm³/mol. The maximum atomic E-state index is 9.33. The lowest BCUT2D eigenvalue weighted by molar-refractivity contribution is 0.0658. The molecule has 1 atom stereocenters. The van der Waals surface area contributed by atoms with Gasteiger partial charge in [0, 0.05) is 31.7 Å². The van der Waals surface area contributed by atoms with E-state index >= 15 is 0 Å². The molecule has 0 aliphatic heterocycles. The van der Waals surface area contributed by atoms with Crippen molar-refractivity contribution in [1.82, 2.24) is 4.90 Å². The Kier molecular flexibility index (Phi) is 5.73. The van der Waals surface area contributed by atoms with E-state index in [0.29, 0.717) is 0 Å². The maximum absolute atomic E-state index is 9.33. The van der Waals surface area contributed by atoms with Gasteiger partial charge in [-0.15, -0.1) is 0 Å². The molecule has 0 saturated heterocycles. The SMILES string of the molecule is CCC(C)(CO)CN(C)CCOCC1CC1. The second-order valence-corrected chi connectivity index (χ2v) is 5.58. The Labute approximate surface area is 99.8 Å². The van der Waals surface area contributed by atoms with Crippen LogP contribution in [0.2, 0.25) is 0 Å². The Hall–Kier alpha value is -0.120. The highest BCUT2D eigenvalue weighted by molar-refractivity contribution is 4.75. The second kappa shape index (κ2) is 6.58. The molecule has 1 rings (SSSR count). The van der Waals surface area contributed by atoms with Crippen molar-refractivity contribution in [2.75, 3.05) is 40.0 Å². The summed E-state index contributed by atoms with van der Waals surface area (Å²) < 4.78 is 5.61. The number of likely N-dealkylation sites (N-methyl/N-ethyl adjacent to an activating group) is 1. The highest BCUT2D eigenvalue weighted by Crippen LogP contribution is 2.28. The van der Waals surface area contributed by atoms with Gasteiger partial charge in [-0.3, -0.25) is 0 Å². The third-order valence-electron chi connectivity index (χ3n) is 3.55. The van der Waals surface area contributed by atoms with Crippen molar-refractivity contribution >= 4 is 0 Å². The molecule has 1 N–H and O–H groups in total. The normalized spacial score (nSPS) is 20.1. The quantitative estimate of drug-likeness (QED) is 0.611. The summed E-state index contributed by atoms with van der Waals surface area (Å²) in [6.07, 6.45) is 3.72. The van der Waals surface area contributed by atoms with E-state index in [-0.39, 0.29) is 12.0 Å².